The molecule has 0 spiro atoms. The molecule has 0 aliphatic heterocycles. The van der Waals surface area contributed by atoms with E-state index in [9.17, 15) is 4.39 Å². The van der Waals surface area contributed by atoms with Crippen LogP contribution in [-0.4, -0.2) is 11.7 Å². The van der Waals surface area contributed by atoms with Crippen molar-refractivity contribution < 1.29 is 9.50 Å². The van der Waals surface area contributed by atoms with E-state index >= 15 is 0 Å². The van der Waals surface area contributed by atoms with Gasteiger partial charge in [0.1, 0.15) is 5.82 Å². The van der Waals surface area contributed by atoms with Crippen molar-refractivity contribution in [3.8, 4) is 0 Å². The van der Waals surface area contributed by atoms with E-state index in [1.807, 2.05) is 6.92 Å². The van der Waals surface area contributed by atoms with Crippen LogP contribution >= 0.6 is 0 Å². The van der Waals surface area contributed by atoms with Crippen molar-refractivity contribution in [2.45, 2.75) is 19.8 Å². The Balaban J connectivity index is 2.41. The van der Waals surface area contributed by atoms with E-state index in [-0.39, 0.29) is 12.4 Å². The molecule has 0 amide bonds. The maximum absolute atomic E-state index is 12.5. The number of hydrogen-bond donors (Lipinski definition) is 1. The first-order valence-corrected chi connectivity index (χ1v) is 4.57. The topological polar surface area (TPSA) is 20.2 Å². The number of halogens is 1. The molecule has 1 nitrogen and oxygen atoms in total. The Bertz CT molecular complexity index is 243. The van der Waals surface area contributed by atoms with Crippen molar-refractivity contribution in [2.75, 3.05) is 6.61 Å². The van der Waals surface area contributed by atoms with Crippen molar-refractivity contribution in [2.24, 2.45) is 5.92 Å². The van der Waals surface area contributed by atoms with E-state index in [1.54, 1.807) is 12.1 Å². The zero-order valence-corrected chi connectivity index (χ0v) is 7.83. The van der Waals surface area contributed by atoms with Gasteiger partial charge in [-0.25, -0.2) is 4.39 Å². The van der Waals surface area contributed by atoms with Gasteiger partial charge < -0.3 is 5.11 Å². The van der Waals surface area contributed by atoms with Crippen LogP contribution in [0.4, 0.5) is 4.39 Å². The van der Waals surface area contributed by atoms with E-state index in [4.69, 9.17) is 5.11 Å². The summed E-state index contributed by atoms with van der Waals surface area (Å²) in [5.41, 5.74) is 1.13. The van der Waals surface area contributed by atoms with Crippen molar-refractivity contribution in [1.82, 2.24) is 0 Å². The minimum atomic E-state index is -0.195. The first kappa shape index (κ1) is 10.2. The Kier molecular flexibility index (Phi) is 3.90. The molecule has 0 aliphatic rings. The van der Waals surface area contributed by atoms with Crippen LogP contribution in [0.3, 0.4) is 0 Å². The third-order valence-corrected chi connectivity index (χ3v) is 2.15. The molecule has 0 radical (unpaired) electrons. The van der Waals surface area contributed by atoms with Gasteiger partial charge in [0.2, 0.25) is 0 Å². The number of rotatable bonds is 4. The fourth-order valence-electron chi connectivity index (χ4n) is 1.16. The third-order valence-electron chi connectivity index (χ3n) is 2.15. The number of aliphatic hydroxyl groups is 1. The molecule has 1 aromatic carbocycles. The number of aryl methyl sites for hydroxylation is 1. The molecule has 1 N–H and O–H groups in total. The molecule has 1 unspecified atom stereocenters. The SMILES string of the molecule is CC(CO)CCc1ccc(F)cc1. The first-order chi connectivity index (χ1) is 6.22. The molecule has 0 aromatic heterocycles. The van der Waals surface area contributed by atoms with Crippen LogP contribution in [0.25, 0.3) is 0 Å². The van der Waals surface area contributed by atoms with Crippen LogP contribution in [0.5, 0.6) is 0 Å². The summed E-state index contributed by atoms with van der Waals surface area (Å²) in [4.78, 5) is 0. The summed E-state index contributed by atoms with van der Waals surface area (Å²) in [5, 5.41) is 8.80. The standard InChI is InChI=1S/C11H15FO/c1-9(8-13)2-3-10-4-6-11(12)7-5-10/h4-7,9,13H,2-3,8H2,1H3. The van der Waals surface area contributed by atoms with Gasteiger partial charge in [0.05, 0.1) is 0 Å². The minimum absolute atomic E-state index is 0.195. The minimum Gasteiger partial charge on any atom is -0.396 e. The summed E-state index contributed by atoms with van der Waals surface area (Å²) in [6.07, 6.45) is 1.85. The lowest BCUT2D eigenvalue weighted by Crippen LogP contribution is -2.02. The normalized spacial score (nSPS) is 12.8. The highest BCUT2D eigenvalue weighted by Gasteiger charge is 2.00. The molecule has 2 heteroatoms. The quantitative estimate of drug-likeness (QED) is 0.758. The predicted octanol–water partition coefficient (Wildman–Crippen LogP) is 2.39. The second-order valence-corrected chi connectivity index (χ2v) is 3.45. The van der Waals surface area contributed by atoms with E-state index in [0.29, 0.717) is 5.92 Å². The van der Waals surface area contributed by atoms with Crippen LogP contribution < -0.4 is 0 Å². The largest absolute Gasteiger partial charge is 0.396 e. The van der Waals surface area contributed by atoms with Crippen molar-refractivity contribution in [1.29, 1.82) is 0 Å². The third kappa shape index (κ3) is 3.55. The van der Waals surface area contributed by atoms with Crippen molar-refractivity contribution in [3.05, 3.63) is 35.6 Å². The second kappa shape index (κ2) is 4.97. The van der Waals surface area contributed by atoms with Gasteiger partial charge >= 0.3 is 0 Å². The molecule has 72 valence electrons. The average Bonchev–Trinajstić information content (AvgIpc) is 2.16. The fourth-order valence-corrected chi connectivity index (χ4v) is 1.16. The number of aliphatic hydroxyl groups excluding tert-OH is 1. The number of benzene rings is 1. The van der Waals surface area contributed by atoms with Gasteiger partial charge in [-0.1, -0.05) is 19.1 Å². The van der Waals surface area contributed by atoms with Gasteiger partial charge in [0.25, 0.3) is 0 Å². The Morgan fingerprint density at radius 1 is 1.31 bits per heavy atom. The van der Waals surface area contributed by atoms with E-state index < -0.39 is 0 Å². The molecule has 0 aliphatic carbocycles. The maximum atomic E-state index is 12.5. The summed E-state index contributed by atoms with van der Waals surface area (Å²) in [6, 6.07) is 6.52. The molecule has 0 saturated heterocycles. The zero-order valence-electron chi connectivity index (χ0n) is 7.83. The fraction of sp³-hybridized carbons (Fsp3) is 0.455. The van der Waals surface area contributed by atoms with Crippen LogP contribution in [0, 0.1) is 11.7 Å². The highest BCUT2D eigenvalue weighted by Crippen LogP contribution is 2.09. The monoisotopic (exact) mass is 182 g/mol. The second-order valence-electron chi connectivity index (χ2n) is 3.45. The molecule has 0 saturated carbocycles. The van der Waals surface area contributed by atoms with Crippen LogP contribution in [0.2, 0.25) is 0 Å². The van der Waals surface area contributed by atoms with Gasteiger partial charge in [-0.3, -0.25) is 0 Å². The Labute approximate surface area is 78.2 Å². The molecule has 0 fully saturated rings. The smallest absolute Gasteiger partial charge is 0.123 e. The maximum Gasteiger partial charge on any atom is 0.123 e. The molecule has 0 heterocycles. The van der Waals surface area contributed by atoms with E-state index in [0.717, 1.165) is 18.4 Å². The van der Waals surface area contributed by atoms with Gasteiger partial charge in [0, 0.05) is 6.61 Å². The summed E-state index contributed by atoms with van der Waals surface area (Å²) < 4.78 is 12.5. The Morgan fingerprint density at radius 3 is 2.46 bits per heavy atom. The first-order valence-electron chi connectivity index (χ1n) is 4.57. The van der Waals surface area contributed by atoms with Crippen molar-refractivity contribution >= 4 is 0 Å². The Hall–Kier alpha value is -0.890. The van der Waals surface area contributed by atoms with Gasteiger partial charge in [0.15, 0.2) is 0 Å². The molecular formula is C11H15FO. The van der Waals surface area contributed by atoms with Gasteiger partial charge in [-0.2, -0.15) is 0 Å². The molecule has 1 atom stereocenters. The van der Waals surface area contributed by atoms with Gasteiger partial charge in [-0.15, -0.1) is 0 Å². The van der Waals surface area contributed by atoms with Crippen LogP contribution in [0.15, 0.2) is 24.3 Å². The lowest BCUT2D eigenvalue weighted by atomic mass is 10.0. The zero-order chi connectivity index (χ0) is 9.68. The summed E-state index contributed by atoms with van der Waals surface area (Å²) in [5.74, 6) is 0.129. The van der Waals surface area contributed by atoms with Crippen molar-refractivity contribution in [3.63, 3.8) is 0 Å². The lowest BCUT2D eigenvalue weighted by Gasteiger charge is -2.06. The van der Waals surface area contributed by atoms with Gasteiger partial charge in [-0.05, 0) is 36.5 Å². The molecular weight excluding hydrogens is 167 g/mol. The molecule has 1 rings (SSSR count). The molecule has 0 bridgehead atoms. The predicted molar refractivity (Wildman–Crippen MR) is 51.0 cm³/mol. The lowest BCUT2D eigenvalue weighted by molar-refractivity contribution is 0.230. The summed E-state index contributed by atoms with van der Waals surface area (Å²) in [7, 11) is 0. The highest BCUT2D eigenvalue weighted by molar-refractivity contribution is 5.15. The Morgan fingerprint density at radius 2 is 1.92 bits per heavy atom. The summed E-state index contributed by atoms with van der Waals surface area (Å²) in [6.45, 7) is 2.23. The average molecular weight is 182 g/mol. The van der Waals surface area contributed by atoms with E-state index in [1.165, 1.54) is 12.1 Å². The molecule has 13 heavy (non-hydrogen) atoms. The van der Waals surface area contributed by atoms with Crippen LogP contribution in [-0.2, 0) is 6.42 Å². The number of hydrogen-bond acceptors (Lipinski definition) is 1. The summed E-state index contributed by atoms with van der Waals surface area (Å²) >= 11 is 0. The van der Waals surface area contributed by atoms with Crippen LogP contribution in [0.1, 0.15) is 18.9 Å². The van der Waals surface area contributed by atoms with E-state index in [2.05, 4.69) is 0 Å². The molecule has 1 aromatic rings. The highest BCUT2D eigenvalue weighted by atomic mass is 19.1.